The van der Waals surface area contributed by atoms with Gasteiger partial charge in [0.25, 0.3) is 0 Å². The van der Waals surface area contributed by atoms with E-state index in [2.05, 4.69) is 36.7 Å². The second kappa shape index (κ2) is 6.17. The molecule has 0 saturated heterocycles. The monoisotopic (exact) mass is 309 g/mol. The minimum atomic E-state index is 0.0525. The van der Waals surface area contributed by atoms with Gasteiger partial charge in [0.05, 0.1) is 18.2 Å². The number of benzene rings is 1. The van der Waals surface area contributed by atoms with Crippen LogP contribution < -0.4 is 10.1 Å². The van der Waals surface area contributed by atoms with Crippen LogP contribution >= 0.6 is 22.9 Å². The van der Waals surface area contributed by atoms with Gasteiger partial charge in [-0.3, -0.25) is 0 Å². The van der Waals surface area contributed by atoms with Gasteiger partial charge >= 0.3 is 0 Å². The molecule has 0 aliphatic heterocycles. The van der Waals surface area contributed by atoms with Crippen molar-refractivity contribution in [3.8, 4) is 5.75 Å². The molecule has 2 aromatic rings. The lowest BCUT2D eigenvalue weighted by molar-refractivity contribution is 0.405. The van der Waals surface area contributed by atoms with Crippen molar-refractivity contribution < 1.29 is 4.74 Å². The first-order chi connectivity index (χ1) is 9.49. The van der Waals surface area contributed by atoms with Crippen LogP contribution in [0.3, 0.4) is 0 Å². The molecule has 1 aromatic heterocycles. The molecule has 0 fully saturated rings. The predicted molar refractivity (Wildman–Crippen MR) is 87.4 cm³/mol. The van der Waals surface area contributed by atoms with Gasteiger partial charge in [-0.25, -0.2) is 0 Å². The van der Waals surface area contributed by atoms with E-state index in [1.165, 1.54) is 11.1 Å². The quantitative estimate of drug-likeness (QED) is 0.888. The van der Waals surface area contributed by atoms with Crippen molar-refractivity contribution in [2.24, 2.45) is 0 Å². The highest BCUT2D eigenvalue weighted by atomic mass is 35.5. The van der Waals surface area contributed by atoms with Gasteiger partial charge in [-0.2, -0.15) is 0 Å². The molecule has 1 heterocycles. The van der Waals surface area contributed by atoms with Crippen LogP contribution in [0.2, 0.25) is 5.02 Å². The first kappa shape index (κ1) is 15.4. The molecule has 0 bridgehead atoms. The van der Waals surface area contributed by atoms with Crippen LogP contribution in [-0.4, -0.2) is 14.2 Å². The minimum Gasteiger partial charge on any atom is -0.496 e. The minimum absolute atomic E-state index is 0.0525. The summed E-state index contributed by atoms with van der Waals surface area (Å²) in [7, 11) is 3.67. The van der Waals surface area contributed by atoms with Crippen molar-refractivity contribution in [3.63, 3.8) is 0 Å². The zero-order chi connectivity index (χ0) is 14.9. The van der Waals surface area contributed by atoms with Gasteiger partial charge in [0, 0.05) is 10.4 Å². The number of nitrogens with one attached hydrogen (secondary N) is 1. The second-order valence-electron chi connectivity index (χ2n) is 5.02. The SMILES string of the molecule is CNC(c1scc(C)c1Cl)c1c(C)cc(C)cc1OC. The van der Waals surface area contributed by atoms with Crippen molar-refractivity contribution in [2.45, 2.75) is 26.8 Å². The first-order valence-electron chi connectivity index (χ1n) is 6.55. The zero-order valence-electron chi connectivity index (χ0n) is 12.5. The van der Waals surface area contributed by atoms with Gasteiger partial charge in [0.2, 0.25) is 0 Å². The number of hydrogen-bond acceptors (Lipinski definition) is 3. The van der Waals surface area contributed by atoms with E-state index in [0.29, 0.717) is 0 Å². The summed E-state index contributed by atoms with van der Waals surface area (Å²) in [5.41, 5.74) is 4.69. The van der Waals surface area contributed by atoms with E-state index in [9.17, 15) is 0 Å². The number of hydrogen-bond donors (Lipinski definition) is 1. The maximum absolute atomic E-state index is 6.44. The number of aryl methyl sites for hydroxylation is 3. The summed E-state index contributed by atoms with van der Waals surface area (Å²) in [6, 6.07) is 4.30. The van der Waals surface area contributed by atoms with Crippen molar-refractivity contribution in [2.75, 3.05) is 14.2 Å². The fraction of sp³-hybridized carbons (Fsp3) is 0.375. The third-order valence-electron chi connectivity index (χ3n) is 3.48. The van der Waals surface area contributed by atoms with Crippen molar-refractivity contribution in [1.82, 2.24) is 5.32 Å². The summed E-state index contributed by atoms with van der Waals surface area (Å²) in [5, 5.41) is 6.31. The van der Waals surface area contributed by atoms with Gasteiger partial charge in [-0.05, 0) is 56.0 Å². The second-order valence-corrected chi connectivity index (χ2v) is 6.31. The largest absolute Gasteiger partial charge is 0.496 e. The van der Waals surface area contributed by atoms with Crippen LogP contribution in [0.5, 0.6) is 5.75 Å². The average Bonchev–Trinajstić information content (AvgIpc) is 2.73. The molecule has 108 valence electrons. The predicted octanol–water partition coefficient (Wildman–Crippen LogP) is 4.64. The molecule has 2 nitrogen and oxygen atoms in total. The number of ether oxygens (including phenoxy) is 1. The van der Waals surface area contributed by atoms with Crippen molar-refractivity contribution >= 4 is 22.9 Å². The third kappa shape index (κ3) is 2.71. The van der Waals surface area contributed by atoms with E-state index in [0.717, 1.165) is 26.8 Å². The molecular weight excluding hydrogens is 290 g/mol. The summed E-state index contributed by atoms with van der Waals surface area (Å²) in [6.45, 7) is 6.23. The van der Waals surface area contributed by atoms with Crippen molar-refractivity contribution in [1.29, 1.82) is 0 Å². The molecule has 0 radical (unpaired) electrons. The maximum atomic E-state index is 6.44. The summed E-state index contributed by atoms with van der Waals surface area (Å²) in [5.74, 6) is 0.906. The highest BCUT2D eigenvalue weighted by Crippen LogP contribution is 2.40. The Morgan fingerprint density at radius 1 is 1.20 bits per heavy atom. The fourth-order valence-electron chi connectivity index (χ4n) is 2.53. The van der Waals surface area contributed by atoms with Crippen LogP contribution in [0.1, 0.15) is 33.2 Å². The first-order valence-corrected chi connectivity index (χ1v) is 7.81. The molecule has 0 aliphatic carbocycles. The topological polar surface area (TPSA) is 21.3 Å². The Balaban J connectivity index is 2.60. The molecule has 1 aromatic carbocycles. The molecule has 1 atom stereocenters. The Hall–Kier alpha value is -1.03. The molecule has 4 heteroatoms. The Bertz CT molecular complexity index is 621. The van der Waals surface area contributed by atoms with E-state index < -0.39 is 0 Å². The van der Waals surface area contributed by atoms with Gasteiger partial charge in [-0.1, -0.05) is 17.7 Å². The maximum Gasteiger partial charge on any atom is 0.124 e. The summed E-state index contributed by atoms with van der Waals surface area (Å²) in [4.78, 5) is 1.14. The number of thiophene rings is 1. The highest BCUT2D eigenvalue weighted by molar-refractivity contribution is 7.10. The molecule has 0 spiro atoms. The van der Waals surface area contributed by atoms with Gasteiger partial charge in [0.1, 0.15) is 5.75 Å². The molecule has 1 N–H and O–H groups in total. The molecule has 20 heavy (non-hydrogen) atoms. The summed E-state index contributed by atoms with van der Waals surface area (Å²) in [6.07, 6.45) is 0. The third-order valence-corrected chi connectivity index (χ3v) is 5.26. The summed E-state index contributed by atoms with van der Waals surface area (Å²) < 4.78 is 5.58. The Kier molecular flexibility index (Phi) is 4.74. The molecule has 2 rings (SSSR count). The lowest BCUT2D eigenvalue weighted by Crippen LogP contribution is -2.19. The molecule has 0 amide bonds. The lowest BCUT2D eigenvalue weighted by atomic mass is 9.96. The van der Waals surface area contributed by atoms with Gasteiger partial charge in [-0.15, -0.1) is 11.3 Å². The zero-order valence-corrected chi connectivity index (χ0v) is 14.1. The average molecular weight is 310 g/mol. The Morgan fingerprint density at radius 2 is 1.90 bits per heavy atom. The number of halogens is 1. The Morgan fingerprint density at radius 3 is 2.40 bits per heavy atom. The molecule has 0 aliphatic rings. The van der Waals surface area contributed by atoms with E-state index in [1.54, 1.807) is 18.4 Å². The van der Waals surface area contributed by atoms with Gasteiger partial charge < -0.3 is 10.1 Å². The number of methoxy groups -OCH3 is 1. The smallest absolute Gasteiger partial charge is 0.124 e. The fourth-order valence-corrected chi connectivity index (χ4v) is 3.95. The van der Waals surface area contributed by atoms with Crippen LogP contribution in [0.4, 0.5) is 0 Å². The standard InChI is InChI=1S/C16H20ClNOS/c1-9-6-10(2)13(12(7-9)19-5)15(18-4)16-14(17)11(3)8-20-16/h6-8,15,18H,1-5H3. The highest BCUT2D eigenvalue weighted by Gasteiger charge is 2.23. The van der Waals surface area contributed by atoms with E-state index in [-0.39, 0.29) is 6.04 Å². The normalized spacial score (nSPS) is 12.5. The molecule has 0 saturated carbocycles. The van der Waals surface area contributed by atoms with Crippen LogP contribution in [-0.2, 0) is 0 Å². The van der Waals surface area contributed by atoms with Crippen LogP contribution in [0.25, 0.3) is 0 Å². The molecule has 1 unspecified atom stereocenters. The van der Waals surface area contributed by atoms with Crippen molar-refractivity contribution in [3.05, 3.63) is 49.7 Å². The van der Waals surface area contributed by atoms with E-state index in [1.807, 2.05) is 14.0 Å². The molecular formula is C16H20ClNOS. The Labute approximate surface area is 129 Å². The van der Waals surface area contributed by atoms with Crippen LogP contribution in [0.15, 0.2) is 17.5 Å². The van der Waals surface area contributed by atoms with E-state index in [4.69, 9.17) is 16.3 Å². The summed E-state index contributed by atoms with van der Waals surface area (Å²) >= 11 is 8.13. The number of rotatable bonds is 4. The van der Waals surface area contributed by atoms with Gasteiger partial charge in [0.15, 0.2) is 0 Å². The lowest BCUT2D eigenvalue weighted by Gasteiger charge is -2.22. The van der Waals surface area contributed by atoms with Crippen LogP contribution in [0, 0.1) is 20.8 Å². The van der Waals surface area contributed by atoms with E-state index >= 15 is 0 Å².